The molecule has 0 radical (unpaired) electrons. The van der Waals surface area contributed by atoms with Gasteiger partial charge in [0.1, 0.15) is 12.1 Å². The average molecular weight is 570 g/mol. The van der Waals surface area contributed by atoms with Crippen molar-refractivity contribution in [1.29, 1.82) is 0 Å². The number of ether oxygens (including phenoxy) is 3. The van der Waals surface area contributed by atoms with Gasteiger partial charge >= 0.3 is 5.97 Å². The van der Waals surface area contributed by atoms with Crippen LogP contribution in [0.25, 0.3) is 11.1 Å². The second kappa shape index (κ2) is 13.4. The summed E-state index contributed by atoms with van der Waals surface area (Å²) in [4.78, 5) is 50.2. The van der Waals surface area contributed by atoms with Crippen LogP contribution < -0.4 is 35.6 Å². The van der Waals surface area contributed by atoms with Gasteiger partial charge < -0.3 is 35.3 Å². The summed E-state index contributed by atoms with van der Waals surface area (Å²) < 4.78 is 16.9. The van der Waals surface area contributed by atoms with Crippen LogP contribution in [-0.4, -0.2) is 56.3 Å². The summed E-state index contributed by atoms with van der Waals surface area (Å²) in [5, 5.41) is 18.0. The van der Waals surface area contributed by atoms with Gasteiger partial charge in [0, 0.05) is 12.5 Å². The number of amides is 2. The first-order valence-electron chi connectivity index (χ1n) is 13.5. The molecule has 1 aliphatic rings. The molecule has 11 heteroatoms. The number of aliphatic carboxylic acids is 1. The van der Waals surface area contributed by atoms with Crippen LogP contribution in [0.1, 0.15) is 57.7 Å². The minimum atomic E-state index is -1.12. The predicted octanol–water partition coefficient (Wildman–Crippen LogP) is 3.28. The molecule has 1 aliphatic carbocycles. The lowest BCUT2D eigenvalue weighted by Crippen LogP contribution is -2.49. The number of carboxylic acids is 1. The second-order valence-electron chi connectivity index (χ2n) is 10.2. The summed E-state index contributed by atoms with van der Waals surface area (Å²) in [6.45, 7) is 6.57. The van der Waals surface area contributed by atoms with Gasteiger partial charge in [-0.2, -0.15) is 0 Å². The summed E-state index contributed by atoms with van der Waals surface area (Å²) in [5.74, 6) is -0.882. The highest BCUT2D eigenvalue weighted by Crippen LogP contribution is 2.50. The minimum Gasteiger partial charge on any atom is -0.493 e. The molecule has 0 saturated heterocycles. The fourth-order valence-corrected chi connectivity index (χ4v) is 5.09. The molecule has 0 fully saturated rings. The molecule has 2 aromatic carbocycles. The van der Waals surface area contributed by atoms with E-state index in [1.165, 1.54) is 34.3 Å². The van der Waals surface area contributed by atoms with Gasteiger partial charge in [-0.25, -0.2) is 4.79 Å². The summed E-state index contributed by atoms with van der Waals surface area (Å²) in [7, 11) is 4.57. The van der Waals surface area contributed by atoms with Crippen molar-refractivity contribution in [3.05, 3.63) is 45.6 Å². The van der Waals surface area contributed by atoms with E-state index in [1.54, 1.807) is 26.0 Å². The number of hydrogen-bond donors (Lipinski definition) is 4. The van der Waals surface area contributed by atoms with Gasteiger partial charge in [0.05, 0.1) is 33.1 Å². The molecule has 2 amide bonds. The molecule has 0 unspecified atom stereocenters. The summed E-state index contributed by atoms with van der Waals surface area (Å²) in [5.41, 5.74) is 2.57. The fourth-order valence-electron chi connectivity index (χ4n) is 5.09. The molecule has 0 spiro atoms. The van der Waals surface area contributed by atoms with E-state index >= 15 is 0 Å². The Morgan fingerprint density at radius 2 is 1.73 bits per heavy atom. The van der Waals surface area contributed by atoms with Crippen molar-refractivity contribution in [2.45, 2.75) is 65.1 Å². The van der Waals surface area contributed by atoms with Crippen molar-refractivity contribution in [3.63, 3.8) is 0 Å². The van der Waals surface area contributed by atoms with Crippen LogP contribution >= 0.6 is 0 Å². The van der Waals surface area contributed by atoms with E-state index in [-0.39, 0.29) is 17.5 Å². The fraction of sp³-hybridized carbons (Fsp3) is 0.467. The van der Waals surface area contributed by atoms with E-state index in [0.717, 1.165) is 5.56 Å². The zero-order valence-corrected chi connectivity index (χ0v) is 24.5. The normalized spacial score (nSPS) is 16.0. The molecule has 3 rings (SSSR count). The molecule has 41 heavy (non-hydrogen) atoms. The average Bonchev–Trinajstić information content (AvgIpc) is 3.18. The van der Waals surface area contributed by atoms with E-state index in [2.05, 4.69) is 16.0 Å². The zero-order chi connectivity index (χ0) is 30.4. The molecule has 0 heterocycles. The van der Waals surface area contributed by atoms with Crippen LogP contribution in [0.2, 0.25) is 0 Å². The molecule has 4 atom stereocenters. The van der Waals surface area contributed by atoms with Crippen molar-refractivity contribution in [3.8, 4) is 28.4 Å². The number of methoxy groups -OCH3 is 3. The smallest absolute Gasteiger partial charge is 0.326 e. The Hall–Kier alpha value is -4.28. The van der Waals surface area contributed by atoms with E-state index in [4.69, 9.17) is 14.2 Å². The molecular weight excluding hydrogens is 530 g/mol. The Balaban J connectivity index is 2.13. The van der Waals surface area contributed by atoms with Crippen LogP contribution in [0.4, 0.5) is 5.69 Å². The van der Waals surface area contributed by atoms with Crippen molar-refractivity contribution in [2.75, 3.05) is 26.6 Å². The lowest BCUT2D eigenvalue weighted by atomic mass is 9.95. The third kappa shape index (κ3) is 6.72. The van der Waals surface area contributed by atoms with Crippen molar-refractivity contribution in [1.82, 2.24) is 10.6 Å². The molecule has 0 aliphatic heterocycles. The number of rotatable bonds is 11. The van der Waals surface area contributed by atoms with Crippen molar-refractivity contribution < 1.29 is 33.7 Å². The van der Waals surface area contributed by atoms with Crippen LogP contribution in [0, 0.1) is 5.92 Å². The molecule has 11 nitrogen and oxygen atoms in total. The van der Waals surface area contributed by atoms with Gasteiger partial charge in [0.15, 0.2) is 11.5 Å². The van der Waals surface area contributed by atoms with Crippen molar-refractivity contribution in [2.24, 2.45) is 5.92 Å². The summed E-state index contributed by atoms with van der Waals surface area (Å²) in [6, 6.07) is 4.20. The lowest BCUT2D eigenvalue weighted by molar-refractivity contribution is -0.143. The number of nitrogens with one attached hydrogen (secondary N) is 3. The summed E-state index contributed by atoms with van der Waals surface area (Å²) >= 11 is 0. The van der Waals surface area contributed by atoms with Gasteiger partial charge in [-0.15, -0.1) is 0 Å². The predicted molar refractivity (Wildman–Crippen MR) is 155 cm³/mol. The SMILES string of the molecule is CC[C@H](C)[C@@H](NC(=O)[C@@H](C)Nc1ccc2c(cc1=O)[C@H](NC(C)=O)CCc1cc(OC)c(OC)c(OC)c1-2)C(=O)O. The van der Waals surface area contributed by atoms with Crippen LogP contribution in [-0.2, 0) is 20.8 Å². The Bertz CT molecular complexity index is 1380. The Morgan fingerprint density at radius 3 is 2.29 bits per heavy atom. The summed E-state index contributed by atoms with van der Waals surface area (Å²) in [6.07, 6.45) is 1.64. The Morgan fingerprint density at radius 1 is 1.05 bits per heavy atom. The second-order valence-corrected chi connectivity index (χ2v) is 10.2. The van der Waals surface area contributed by atoms with Gasteiger partial charge in [-0.1, -0.05) is 26.3 Å². The van der Waals surface area contributed by atoms with Gasteiger partial charge in [0.25, 0.3) is 0 Å². The molecule has 4 N–H and O–H groups in total. The van der Waals surface area contributed by atoms with E-state index in [1.807, 2.05) is 13.0 Å². The number of benzene rings is 1. The molecule has 2 aromatic rings. The number of carbonyl (C=O) groups is 3. The molecule has 222 valence electrons. The topological polar surface area (TPSA) is 152 Å². The number of carbonyl (C=O) groups excluding carboxylic acids is 2. The number of fused-ring (bicyclic) bond motifs is 3. The highest BCUT2D eigenvalue weighted by Gasteiger charge is 2.30. The zero-order valence-electron chi connectivity index (χ0n) is 24.5. The monoisotopic (exact) mass is 569 g/mol. The molecule has 0 aromatic heterocycles. The number of aryl methyl sites for hydroxylation is 1. The maximum Gasteiger partial charge on any atom is 0.326 e. The van der Waals surface area contributed by atoms with E-state index < -0.39 is 35.4 Å². The largest absolute Gasteiger partial charge is 0.493 e. The highest BCUT2D eigenvalue weighted by atomic mass is 16.5. The third-order valence-electron chi connectivity index (χ3n) is 7.46. The van der Waals surface area contributed by atoms with E-state index in [9.17, 15) is 24.3 Å². The van der Waals surface area contributed by atoms with E-state index in [0.29, 0.717) is 53.2 Å². The first-order chi connectivity index (χ1) is 19.5. The van der Waals surface area contributed by atoms with Gasteiger partial charge in [-0.3, -0.25) is 14.4 Å². The quantitative estimate of drug-likeness (QED) is 0.319. The third-order valence-corrected chi connectivity index (χ3v) is 7.46. The first kappa shape index (κ1) is 31.3. The van der Waals surface area contributed by atoms with Gasteiger partial charge in [-0.05, 0) is 60.6 Å². The maximum absolute atomic E-state index is 13.5. The number of carboxylic acid groups (broad SMARTS) is 1. The van der Waals surface area contributed by atoms with Gasteiger partial charge in [0.2, 0.25) is 23.0 Å². The van der Waals surface area contributed by atoms with Crippen LogP contribution in [0.3, 0.4) is 0 Å². The number of hydrogen-bond acceptors (Lipinski definition) is 8. The molecular formula is C30H39N3O8. The van der Waals surface area contributed by atoms with Crippen LogP contribution in [0.5, 0.6) is 17.2 Å². The van der Waals surface area contributed by atoms with Crippen molar-refractivity contribution >= 4 is 23.5 Å². The number of anilines is 1. The molecule has 0 bridgehead atoms. The first-order valence-corrected chi connectivity index (χ1v) is 13.5. The minimum absolute atomic E-state index is 0.138. The Labute approximate surface area is 239 Å². The highest BCUT2D eigenvalue weighted by molar-refractivity contribution is 5.89. The van der Waals surface area contributed by atoms with Crippen LogP contribution in [0.15, 0.2) is 29.1 Å². The molecule has 0 saturated carbocycles. The Kier molecular flexibility index (Phi) is 10.2. The lowest BCUT2D eigenvalue weighted by Gasteiger charge is -2.22. The maximum atomic E-state index is 13.5. The standard InChI is InChI=1S/C30H39N3O8/c1-8-15(2)26(30(37)38)33-29(36)16(3)31-22-12-10-19-20(14-23(22)35)21(32-17(4)34)11-9-18-13-24(39-5)27(40-6)28(41-7)25(18)19/h10,12-16,21,26H,8-9,11H2,1-7H3,(H,31,35)(H,32,34)(H,33,36)(H,37,38)/t15-,16+,21+,26+/m0/s1.